The van der Waals surface area contributed by atoms with Gasteiger partial charge < -0.3 is 15.9 Å². The van der Waals surface area contributed by atoms with E-state index >= 15 is 0 Å². The van der Waals surface area contributed by atoms with Crippen LogP contribution in [-0.4, -0.2) is 32.0 Å². The minimum atomic E-state index is -1.19. The number of carbonyl (C=O) groups excluding carboxylic acids is 1. The molecule has 1 aromatic heterocycles. The molecule has 17 heavy (non-hydrogen) atoms. The molecule has 0 spiro atoms. The van der Waals surface area contributed by atoms with E-state index < -0.39 is 18.1 Å². The van der Waals surface area contributed by atoms with Gasteiger partial charge in [-0.05, 0) is 5.92 Å². The number of aromatic nitrogens is 2. The second-order valence-corrected chi connectivity index (χ2v) is 4.57. The Labute approximate surface area is 100 Å². The summed E-state index contributed by atoms with van der Waals surface area (Å²) in [6.07, 6.45) is 0.551. The monoisotopic (exact) mass is 241 g/mol. The van der Waals surface area contributed by atoms with E-state index in [1.165, 1.54) is 6.20 Å². The van der Waals surface area contributed by atoms with Crippen molar-refractivity contribution in [3.8, 4) is 0 Å². The summed E-state index contributed by atoms with van der Waals surface area (Å²) in [5, 5.41) is 23.4. The summed E-state index contributed by atoms with van der Waals surface area (Å²) in [5.41, 5.74) is 5.44. The molecule has 0 aliphatic rings. The first-order chi connectivity index (χ1) is 7.90. The molecule has 0 bridgehead atoms. The number of nitrogens with zero attached hydrogens (tertiary/aromatic N) is 2. The zero-order valence-corrected chi connectivity index (χ0v) is 10.1. The van der Waals surface area contributed by atoms with Crippen molar-refractivity contribution in [1.29, 1.82) is 0 Å². The van der Waals surface area contributed by atoms with Gasteiger partial charge in [0.05, 0.1) is 18.7 Å². The largest absolute Gasteiger partial charge is 0.390 e. The number of rotatable bonds is 6. The normalized spacial score (nSPS) is 14.9. The Morgan fingerprint density at radius 1 is 1.53 bits per heavy atom. The van der Waals surface area contributed by atoms with Crippen LogP contribution in [0.25, 0.3) is 0 Å². The van der Waals surface area contributed by atoms with Crippen molar-refractivity contribution < 1.29 is 15.0 Å². The van der Waals surface area contributed by atoms with Gasteiger partial charge in [0.2, 0.25) is 5.91 Å². The molecule has 1 amide bonds. The lowest BCUT2D eigenvalue weighted by molar-refractivity contribution is -0.121. The molecule has 2 unspecified atom stereocenters. The molecule has 0 fully saturated rings. The topological polar surface area (TPSA) is 101 Å². The van der Waals surface area contributed by atoms with Crippen LogP contribution in [0.4, 0.5) is 0 Å². The second kappa shape index (κ2) is 5.79. The standard InChI is InChI=1S/C11H19N3O3/c1-7(2)5-14-6-8(4-13-14)11(17)9(15)3-10(12)16/h4,6-7,9,11,15,17H,3,5H2,1-2H3,(H2,12,16). The fourth-order valence-electron chi connectivity index (χ4n) is 1.55. The summed E-state index contributed by atoms with van der Waals surface area (Å²) in [6, 6.07) is 0. The Morgan fingerprint density at radius 3 is 2.71 bits per heavy atom. The number of hydrogen-bond donors (Lipinski definition) is 3. The van der Waals surface area contributed by atoms with E-state index in [1.54, 1.807) is 10.9 Å². The highest BCUT2D eigenvalue weighted by Gasteiger charge is 2.21. The van der Waals surface area contributed by atoms with E-state index in [9.17, 15) is 15.0 Å². The number of aliphatic hydroxyl groups is 2. The van der Waals surface area contributed by atoms with Crippen molar-refractivity contribution in [3.63, 3.8) is 0 Å². The van der Waals surface area contributed by atoms with Gasteiger partial charge in [0.25, 0.3) is 0 Å². The van der Waals surface area contributed by atoms with Gasteiger partial charge in [-0.2, -0.15) is 5.10 Å². The van der Waals surface area contributed by atoms with Crippen LogP contribution in [0.3, 0.4) is 0 Å². The minimum absolute atomic E-state index is 0.267. The molecular formula is C11H19N3O3. The number of carbonyl (C=O) groups is 1. The molecule has 0 saturated carbocycles. The van der Waals surface area contributed by atoms with Crippen LogP contribution in [0.1, 0.15) is 31.9 Å². The summed E-state index contributed by atoms with van der Waals surface area (Å²) < 4.78 is 1.69. The molecule has 0 saturated heterocycles. The summed E-state index contributed by atoms with van der Waals surface area (Å²) in [4.78, 5) is 10.6. The van der Waals surface area contributed by atoms with E-state index in [1.807, 2.05) is 0 Å². The lowest BCUT2D eigenvalue weighted by Crippen LogP contribution is -2.25. The highest BCUT2D eigenvalue weighted by atomic mass is 16.3. The van der Waals surface area contributed by atoms with Gasteiger partial charge >= 0.3 is 0 Å². The van der Waals surface area contributed by atoms with Crippen LogP contribution in [0.15, 0.2) is 12.4 Å². The molecule has 4 N–H and O–H groups in total. The summed E-state index contributed by atoms with van der Waals surface area (Å²) in [7, 11) is 0. The quantitative estimate of drug-likeness (QED) is 0.642. The number of nitrogens with two attached hydrogens (primary N) is 1. The third-order valence-electron chi connectivity index (χ3n) is 2.32. The maximum absolute atomic E-state index is 10.6. The molecule has 0 radical (unpaired) electrons. The Morgan fingerprint density at radius 2 is 2.18 bits per heavy atom. The lowest BCUT2D eigenvalue weighted by Gasteiger charge is -2.14. The van der Waals surface area contributed by atoms with Crippen molar-refractivity contribution in [3.05, 3.63) is 18.0 Å². The summed E-state index contributed by atoms with van der Waals surface area (Å²) >= 11 is 0. The molecule has 0 aromatic carbocycles. The molecule has 1 rings (SSSR count). The van der Waals surface area contributed by atoms with E-state index in [-0.39, 0.29) is 6.42 Å². The van der Waals surface area contributed by atoms with Gasteiger partial charge in [0.15, 0.2) is 0 Å². The van der Waals surface area contributed by atoms with Gasteiger partial charge in [-0.3, -0.25) is 9.48 Å². The van der Waals surface area contributed by atoms with Crippen molar-refractivity contribution >= 4 is 5.91 Å². The van der Waals surface area contributed by atoms with Crippen LogP contribution in [0, 0.1) is 5.92 Å². The second-order valence-electron chi connectivity index (χ2n) is 4.57. The zero-order chi connectivity index (χ0) is 13.0. The molecular weight excluding hydrogens is 222 g/mol. The predicted molar refractivity (Wildman–Crippen MR) is 61.8 cm³/mol. The maximum Gasteiger partial charge on any atom is 0.220 e. The summed E-state index contributed by atoms with van der Waals surface area (Å²) in [5.74, 6) is -0.207. The average molecular weight is 241 g/mol. The van der Waals surface area contributed by atoms with Crippen LogP contribution in [0.5, 0.6) is 0 Å². The van der Waals surface area contributed by atoms with Gasteiger partial charge in [-0.15, -0.1) is 0 Å². The smallest absolute Gasteiger partial charge is 0.220 e. The molecule has 2 atom stereocenters. The molecule has 96 valence electrons. The van der Waals surface area contributed by atoms with Crippen LogP contribution >= 0.6 is 0 Å². The molecule has 0 aliphatic heterocycles. The first-order valence-electron chi connectivity index (χ1n) is 5.57. The Kier molecular flexibility index (Phi) is 4.65. The van der Waals surface area contributed by atoms with Crippen molar-refractivity contribution in [1.82, 2.24) is 9.78 Å². The fourth-order valence-corrected chi connectivity index (χ4v) is 1.55. The Hall–Kier alpha value is -1.40. The fraction of sp³-hybridized carbons (Fsp3) is 0.636. The minimum Gasteiger partial charge on any atom is -0.390 e. The molecule has 0 aliphatic carbocycles. The third kappa shape index (κ3) is 4.16. The van der Waals surface area contributed by atoms with E-state index in [2.05, 4.69) is 18.9 Å². The summed E-state index contributed by atoms with van der Waals surface area (Å²) in [6.45, 7) is 4.85. The van der Waals surface area contributed by atoms with Crippen LogP contribution in [-0.2, 0) is 11.3 Å². The van der Waals surface area contributed by atoms with E-state index in [0.29, 0.717) is 11.5 Å². The first-order valence-corrected chi connectivity index (χ1v) is 5.57. The predicted octanol–water partition coefficient (Wildman–Crippen LogP) is -0.191. The van der Waals surface area contributed by atoms with Crippen molar-refractivity contribution in [2.75, 3.05) is 0 Å². The first kappa shape index (κ1) is 13.7. The number of primary amides is 1. The van der Waals surface area contributed by atoms with Gasteiger partial charge in [-0.25, -0.2) is 0 Å². The van der Waals surface area contributed by atoms with E-state index in [0.717, 1.165) is 6.54 Å². The highest BCUT2D eigenvalue weighted by Crippen LogP contribution is 2.18. The highest BCUT2D eigenvalue weighted by molar-refractivity contribution is 5.74. The molecule has 6 heteroatoms. The number of amides is 1. The SMILES string of the molecule is CC(C)Cn1cc(C(O)C(O)CC(N)=O)cn1. The Balaban J connectivity index is 2.65. The zero-order valence-electron chi connectivity index (χ0n) is 10.1. The Bertz CT molecular complexity index is 376. The maximum atomic E-state index is 10.6. The van der Waals surface area contributed by atoms with Crippen molar-refractivity contribution in [2.45, 2.75) is 39.0 Å². The third-order valence-corrected chi connectivity index (χ3v) is 2.32. The average Bonchev–Trinajstić information content (AvgIpc) is 2.62. The lowest BCUT2D eigenvalue weighted by atomic mass is 10.1. The van der Waals surface area contributed by atoms with Gasteiger partial charge in [-0.1, -0.05) is 13.8 Å². The van der Waals surface area contributed by atoms with Gasteiger partial charge in [0.1, 0.15) is 6.10 Å². The molecule has 6 nitrogen and oxygen atoms in total. The number of hydrogen-bond acceptors (Lipinski definition) is 4. The van der Waals surface area contributed by atoms with Gasteiger partial charge in [0, 0.05) is 18.3 Å². The number of aliphatic hydroxyl groups excluding tert-OH is 2. The van der Waals surface area contributed by atoms with E-state index in [4.69, 9.17) is 5.73 Å². The van der Waals surface area contributed by atoms with Crippen LogP contribution in [0.2, 0.25) is 0 Å². The molecule has 1 heterocycles. The van der Waals surface area contributed by atoms with Crippen LogP contribution < -0.4 is 5.73 Å². The molecule has 1 aromatic rings. The van der Waals surface area contributed by atoms with Crippen molar-refractivity contribution in [2.24, 2.45) is 11.7 Å².